The molecule has 0 amide bonds. The highest BCUT2D eigenvalue weighted by Crippen LogP contribution is 2.22. The molecular formula is C12H13F5O7S. The van der Waals surface area contributed by atoms with E-state index in [2.05, 4.69) is 0 Å². The Labute approximate surface area is 138 Å². The molecule has 0 bridgehead atoms. The first-order valence-corrected chi connectivity index (χ1v) is 7.68. The number of carboxylic acid groups (broad SMARTS) is 1. The molecule has 1 rings (SSSR count). The standard InChI is InChI=1S/C7HF5O2.C4H8O2.CH4O3S/c8-2-1(7(13)14)3(9)5(11)6(12)4(2)10;5-3-1-2-4-6;1-5(2,3)4/h(H,13,14);1-2,5-6H,3-4H2;1H3,(H,2,3,4). The summed E-state index contributed by atoms with van der Waals surface area (Å²) in [5.41, 5.74) is -1.86. The lowest BCUT2D eigenvalue weighted by atomic mass is 10.1. The van der Waals surface area contributed by atoms with Crippen molar-refractivity contribution in [1.29, 1.82) is 0 Å². The molecule has 144 valence electrons. The lowest BCUT2D eigenvalue weighted by molar-refractivity contribution is 0.0682. The van der Waals surface area contributed by atoms with Crippen LogP contribution in [0.15, 0.2) is 12.2 Å². The maximum absolute atomic E-state index is 12.6. The second kappa shape index (κ2) is 11.5. The summed E-state index contributed by atoms with van der Waals surface area (Å²) < 4.78 is 88.0. The monoisotopic (exact) mass is 396 g/mol. The minimum Gasteiger partial charge on any atom is -0.477 e. The Morgan fingerprint density at radius 2 is 1.12 bits per heavy atom. The average Bonchev–Trinajstić information content (AvgIpc) is 2.48. The van der Waals surface area contributed by atoms with Gasteiger partial charge in [0.15, 0.2) is 23.3 Å². The Bertz CT molecular complexity index is 676. The fraction of sp³-hybridized carbons (Fsp3) is 0.250. The maximum atomic E-state index is 12.6. The number of carboxylic acids is 1. The van der Waals surface area contributed by atoms with Gasteiger partial charge < -0.3 is 15.3 Å². The summed E-state index contributed by atoms with van der Waals surface area (Å²) in [5.74, 6) is -13.9. The van der Waals surface area contributed by atoms with Gasteiger partial charge in [-0.15, -0.1) is 0 Å². The molecule has 4 N–H and O–H groups in total. The van der Waals surface area contributed by atoms with E-state index in [0.29, 0.717) is 6.26 Å². The summed E-state index contributed by atoms with van der Waals surface area (Å²) >= 11 is 0. The molecule has 0 radical (unpaired) electrons. The highest BCUT2D eigenvalue weighted by Gasteiger charge is 2.29. The molecule has 0 aromatic heterocycles. The normalized spacial score (nSPS) is 10.6. The van der Waals surface area contributed by atoms with Crippen LogP contribution in [0.25, 0.3) is 0 Å². The van der Waals surface area contributed by atoms with Crippen LogP contribution in [-0.4, -0.2) is 53.7 Å². The van der Waals surface area contributed by atoms with E-state index in [9.17, 15) is 35.2 Å². The van der Waals surface area contributed by atoms with Crippen molar-refractivity contribution < 1.29 is 55.0 Å². The molecule has 0 fully saturated rings. The van der Waals surface area contributed by atoms with Gasteiger partial charge in [0.1, 0.15) is 5.56 Å². The van der Waals surface area contributed by atoms with E-state index in [1.807, 2.05) is 0 Å². The fourth-order valence-corrected chi connectivity index (χ4v) is 0.942. The number of aromatic carboxylic acids is 1. The van der Waals surface area contributed by atoms with Gasteiger partial charge >= 0.3 is 5.97 Å². The molecular weight excluding hydrogens is 383 g/mol. The molecule has 1 aromatic carbocycles. The molecule has 0 saturated heterocycles. The molecule has 0 aliphatic carbocycles. The van der Waals surface area contributed by atoms with Gasteiger partial charge in [-0.2, -0.15) is 8.42 Å². The smallest absolute Gasteiger partial charge is 0.341 e. The molecule has 0 aliphatic rings. The summed E-state index contributed by atoms with van der Waals surface area (Å²) in [6.07, 6.45) is 3.69. The third-order valence-electron chi connectivity index (χ3n) is 1.80. The predicted molar refractivity (Wildman–Crippen MR) is 74.0 cm³/mol. The summed E-state index contributed by atoms with van der Waals surface area (Å²) in [6, 6.07) is 0. The van der Waals surface area contributed by atoms with E-state index in [1.54, 1.807) is 0 Å². The van der Waals surface area contributed by atoms with Gasteiger partial charge in [-0.05, 0) is 0 Å². The second-order valence-corrected chi connectivity index (χ2v) is 5.29. The predicted octanol–water partition coefficient (Wildman–Crippen LogP) is 1.11. The van der Waals surface area contributed by atoms with E-state index < -0.39 is 50.7 Å². The summed E-state index contributed by atoms with van der Waals surface area (Å²) in [7, 11) is -3.67. The van der Waals surface area contributed by atoms with Crippen molar-refractivity contribution in [3.63, 3.8) is 0 Å². The van der Waals surface area contributed by atoms with Crippen molar-refractivity contribution >= 4 is 16.1 Å². The number of hydrogen-bond donors (Lipinski definition) is 4. The van der Waals surface area contributed by atoms with E-state index in [0.717, 1.165) is 0 Å². The third-order valence-corrected chi connectivity index (χ3v) is 1.80. The van der Waals surface area contributed by atoms with Gasteiger partial charge in [0, 0.05) is 0 Å². The van der Waals surface area contributed by atoms with Gasteiger partial charge in [0.25, 0.3) is 10.1 Å². The zero-order chi connectivity index (χ0) is 20.4. The summed E-state index contributed by atoms with van der Waals surface area (Å²) in [4.78, 5) is 10.1. The van der Waals surface area contributed by atoms with Gasteiger partial charge in [-0.3, -0.25) is 4.55 Å². The number of aliphatic hydroxyl groups excluding tert-OH is 2. The topological polar surface area (TPSA) is 132 Å². The Morgan fingerprint density at radius 1 is 0.880 bits per heavy atom. The van der Waals surface area contributed by atoms with Crippen LogP contribution >= 0.6 is 0 Å². The zero-order valence-electron chi connectivity index (χ0n) is 12.4. The zero-order valence-corrected chi connectivity index (χ0v) is 13.2. The van der Waals surface area contributed by atoms with Crippen LogP contribution in [0.1, 0.15) is 10.4 Å². The van der Waals surface area contributed by atoms with E-state index in [1.165, 1.54) is 12.2 Å². The van der Waals surface area contributed by atoms with Gasteiger partial charge in [-0.25, -0.2) is 26.7 Å². The number of benzene rings is 1. The summed E-state index contributed by atoms with van der Waals surface area (Å²) in [6.45, 7) is 0.0289. The van der Waals surface area contributed by atoms with E-state index >= 15 is 0 Å². The lowest BCUT2D eigenvalue weighted by Crippen LogP contribution is -2.11. The van der Waals surface area contributed by atoms with Crippen molar-refractivity contribution in [1.82, 2.24) is 0 Å². The first-order valence-electron chi connectivity index (χ1n) is 5.83. The Balaban J connectivity index is 0. The van der Waals surface area contributed by atoms with E-state index in [4.69, 9.17) is 19.9 Å². The SMILES string of the molecule is CS(=O)(=O)O.O=C(O)c1c(F)c(F)c(F)c(F)c1F.OCC=CCO. The number of rotatable bonds is 3. The van der Waals surface area contributed by atoms with Crippen molar-refractivity contribution in [2.75, 3.05) is 19.5 Å². The number of carbonyl (C=O) groups is 1. The first kappa shape index (κ1) is 25.2. The number of hydrogen-bond acceptors (Lipinski definition) is 5. The fourth-order valence-electron chi connectivity index (χ4n) is 0.942. The quantitative estimate of drug-likeness (QED) is 0.198. The van der Waals surface area contributed by atoms with Crippen LogP contribution in [0.3, 0.4) is 0 Å². The van der Waals surface area contributed by atoms with Gasteiger partial charge in [0.05, 0.1) is 19.5 Å². The van der Waals surface area contributed by atoms with Crippen molar-refractivity contribution in [3.05, 3.63) is 46.8 Å². The molecule has 0 heterocycles. The van der Waals surface area contributed by atoms with Crippen LogP contribution in [-0.2, 0) is 10.1 Å². The first-order chi connectivity index (χ1) is 11.3. The van der Waals surface area contributed by atoms with Gasteiger partial charge in [-0.1, -0.05) is 12.2 Å². The van der Waals surface area contributed by atoms with Crippen LogP contribution < -0.4 is 0 Å². The lowest BCUT2D eigenvalue weighted by Gasteiger charge is -2.03. The number of aliphatic hydroxyl groups is 2. The second-order valence-electron chi connectivity index (χ2n) is 3.82. The maximum Gasteiger partial charge on any atom is 0.341 e. The van der Waals surface area contributed by atoms with Crippen LogP contribution in [0.2, 0.25) is 0 Å². The van der Waals surface area contributed by atoms with Gasteiger partial charge in [0.2, 0.25) is 5.82 Å². The molecule has 25 heavy (non-hydrogen) atoms. The molecule has 0 saturated carbocycles. The Hall–Kier alpha value is -2.09. The molecule has 0 atom stereocenters. The molecule has 7 nitrogen and oxygen atoms in total. The highest BCUT2D eigenvalue weighted by atomic mass is 32.2. The Kier molecular flexibility index (Phi) is 11.5. The van der Waals surface area contributed by atoms with Crippen molar-refractivity contribution in [2.24, 2.45) is 0 Å². The third kappa shape index (κ3) is 10.4. The Morgan fingerprint density at radius 3 is 1.32 bits per heavy atom. The minimum absolute atomic E-state index is 0.0144. The molecule has 0 unspecified atom stereocenters. The van der Waals surface area contributed by atoms with Crippen LogP contribution in [0.4, 0.5) is 22.0 Å². The molecule has 1 aromatic rings. The minimum atomic E-state index is -3.67. The van der Waals surface area contributed by atoms with Crippen molar-refractivity contribution in [2.45, 2.75) is 0 Å². The van der Waals surface area contributed by atoms with Crippen LogP contribution in [0, 0.1) is 29.1 Å². The number of halogens is 5. The molecule has 13 heteroatoms. The average molecular weight is 396 g/mol. The van der Waals surface area contributed by atoms with Crippen molar-refractivity contribution in [3.8, 4) is 0 Å². The molecule has 0 spiro atoms. The largest absolute Gasteiger partial charge is 0.477 e. The van der Waals surface area contributed by atoms with E-state index in [-0.39, 0.29) is 13.2 Å². The highest BCUT2D eigenvalue weighted by molar-refractivity contribution is 7.85. The molecule has 0 aliphatic heterocycles. The van der Waals surface area contributed by atoms with Crippen LogP contribution in [0.5, 0.6) is 0 Å². The summed E-state index contributed by atoms with van der Waals surface area (Å²) in [5, 5.41) is 24.1.